The predicted molar refractivity (Wildman–Crippen MR) is 124 cm³/mol. The number of aromatic nitrogens is 1. The van der Waals surface area contributed by atoms with Gasteiger partial charge in [-0.05, 0) is 42.0 Å². The number of carbonyl (C=O) groups excluding carboxylic acids is 1. The van der Waals surface area contributed by atoms with Gasteiger partial charge in [0.2, 0.25) is 5.91 Å². The Kier molecular flexibility index (Phi) is 6.77. The van der Waals surface area contributed by atoms with Gasteiger partial charge in [0.25, 0.3) is 0 Å². The quantitative estimate of drug-likeness (QED) is 0.232. The molecule has 0 atom stereocenters. The lowest BCUT2D eigenvalue weighted by atomic mass is 10.2. The Morgan fingerprint density at radius 3 is 2.43 bits per heavy atom. The first kappa shape index (κ1) is 20.6. The molecule has 3 aromatic carbocycles. The van der Waals surface area contributed by atoms with Crippen LogP contribution in [0, 0.1) is 5.82 Å². The van der Waals surface area contributed by atoms with Crippen molar-refractivity contribution in [2.45, 2.75) is 24.3 Å². The Hall–Kier alpha value is -2.70. The molecular weight excluding hydrogens is 415 g/mol. The SMILES string of the molecule is O=C(CCCSc1ccccc1)N(Cc1ccccc1)c1nc2c(F)cccc2s1. The molecule has 152 valence electrons. The first-order valence-electron chi connectivity index (χ1n) is 9.78. The Balaban J connectivity index is 1.49. The van der Waals surface area contributed by atoms with Crippen molar-refractivity contribution < 1.29 is 9.18 Å². The summed E-state index contributed by atoms with van der Waals surface area (Å²) in [6.07, 6.45) is 1.19. The van der Waals surface area contributed by atoms with Gasteiger partial charge in [-0.3, -0.25) is 9.69 Å². The molecule has 0 saturated heterocycles. The van der Waals surface area contributed by atoms with Crippen molar-refractivity contribution in [3.63, 3.8) is 0 Å². The zero-order valence-corrected chi connectivity index (χ0v) is 18.0. The Morgan fingerprint density at radius 1 is 0.967 bits per heavy atom. The van der Waals surface area contributed by atoms with Crippen LogP contribution in [0.15, 0.2) is 83.8 Å². The van der Waals surface area contributed by atoms with Crippen LogP contribution in [0.1, 0.15) is 18.4 Å². The number of thioether (sulfide) groups is 1. The van der Waals surface area contributed by atoms with Gasteiger partial charge in [0.1, 0.15) is 11.3 Å². The summed E-state index contributed by atoms with van der Waals surface area (Å²) in [6, 6.07) is 24.9. The minimum atomic E-state index is -0.360. The minimum Gasteiger partial charge on any atom is -0.284 e. The zero-order valence-electron chi connectivity index (χ0n) is 16.3. The Bertz CT molecular complexity index is 1120. The highest BCUT2D eigenvalue weighted by atomic mass is 32.2. The molecule has 0 radical (unpaired) electrons. The Labute approximate surface area is 183 Å². The average Bonchev–Trinajstić information content (AvgIpc) is 3.22. The molecule has 1 amide bonds. The molecule has 4 aromatic rings. The van der Waals surface area contributed by atoms with Crippen LogP contribution >= 0.6 is 23.1 Å². The minimum absolute atomic E-state index is 0.00646. The van der Waals surface area contributed by atoms with Crippen LogP contribution in [0.4, 0.5) is 9.52 Å². The molecular formula is C24H21FN2OS2. The van der Waals surface area contributed by atoms with Gasteiger partial charge >= 0.3 is 0 Å². The molecule has 0 unspecified atom stereocenters. The lowest BCUT2D eigenvalue weighted by Crippen LogP contribution is -2.30. The highest BCUT2D eigenvalue weighted by Crippen LogP contribution is 2.32. The normalized spacial score (nSPS) is 11.0. The van der Waals surface area contributed by atoms with E-state index in [0.29, 0.717) is 23.6 Å². The molecule has 0 aliphatic carbocycles. The lowest BCUT2D eigenvalue weighted by Gasteiger charge is -2.20. The third-order valence-corrected chi connectivity index (χ3v) is 6.76. The van der Waals surface area contributed by atoms with Gasteiger partial charge in [-0.1, -0.05) is 65.9 Å². The number of carbonyl (C=O) groups is 1. The third-order valence-electron chi connectivity index (χ3n) is 4.62. The molecule has 4 rings (SSSR count). The van der Waals surface area contributed by atoms with Crippen LogP contribution in [0.25, 0.3) is 10.2 Å². The summed E-state index contributed by atoms with van der Waals surface area (Å²) < 4.78 is 14.9. The molecule has 0 aliphatic rings. The topological polar surface area (TPSA) is 33.2 Å². The van der Waals surface area contributed by atoms with Gasteiger partial charge in [0.05, 0.1) is 11.2 Å². The molecule has 3 nitrogen and oxygen atoms in total. The summed E-state index contributed by atoms with van der Waals surface area (Å²) in [5.74, 6) is 0.511. The van der Waals surface area contributed by atoms with Gasteiger partial charge in [0, 0.05) is 11.3 Å². The van der Waals surface area contributed by atoms with Crippen molar-refractivity contribution in [1.82, 2.24) is 4.98 Å². The number of fused-ring (bicyclic) bond motifs is 1. The van der Waals surface area contributed by atoms with E-state index in [1.54, 1.807) is 22.7 Å². The lowest BCUT2D eigenvalue weighted by molar-refractivity contribution is -0.118. The Morgan fingerprint density at radius 2 is 1.70 bits per heavy atom. The zero-order chi connectivity index (χ0) is 20.8. The van der Waals surface area contributed by atoms with E-state index in [1.165, 1.54) is 22.3 Å². The first-order chi connectivity index (χ1) is 14.7. The number of hydrogen-bond acceptors (Lipinski definition) is 4. The van der Waals surface area contributed by atoms with Crippen LogP contribution in [-0.2, 0) is 11.3 Å². The molecule has 1 aromatic heterocycles. The van der Waals surface area contributed by atoms with E-state index in [9.17, 15) is 9.18 Å². The number of nitrogens with zero attached hydrogens (tertiary/aromatic N) is 2. The summed E-state index contributed by atoms with van der Waals surface area (Å²) in [6.45, 7) is 0.424. The van der Waals surface area contributed by atoms with Crippen LogP contribution in [-0.4, -0.2) is 16.6 Å². The number of halogens is 1. The summed E-state index contributed by atoms with van der Waals surface area (Å²) in [5, 5.41) is 0.541. The first-order valence-corrected chi connectivity index (χ1v) is 11.6. The molecule has 0 spiro atoms. The van der Waals surface area contributed by atoms with Crippen molar-refractivity contribution in [1.29, 1.82) is 0 Å². The summed E-state index contributed by atoms with van der Waals surface area (Å²) in [4.78, 5) is 20.4. The highest BCUT2D eigenvalue weighted by Gasteiger charge is 2.21. The van der Waals surface area contributed by atoms with E-state index in [-0.39, 0.29) is 11.7 Å². The fourth-order valence-corrected chi connectivity index (χ4v) is 4.98. The fourth-order valence-electron chi connectivity index (χ4n) is 3.11. The largest absolute Gasteiger partial charge is 0.284 e. The van der Waals surface area contributed by atoms with Crippen molar-refractivity contribution in [2.24, 2.45) is 0 Å². The number of thiazole rings is 1. The van der Waals surface area contributed by atoms with E-state index in [0.717, 1.165) is 22.4 Å². The van der Waals surface area contributed by atoms with Crippen molar-refractivity contribution in [2.75, 3.05) is 10.7 Å². The van der Waals surface area contributed by atoms with E-state index < -0.39 is 0 Å². The number of amides is 1. The number of rotatable bonds is 8. The molecule has 0 fully saturated rings. The fraction of sp³-hybridized carbons (Fsp3) is 0.167. The maximum absolute atomic E-state index is 14.1. The second-order valence-corrected chi connectivity index (χ2v) is 8.99. The van der Waals surface area contributed by atoms with Gasteiger partial charge in [-0.25, -0.2) is 9.37 Å². The van der Waals surface area contributed by atoms with Crippen molar-refractivity contribution in [3.05, 3.63) is 90.2 Å². The van der Waals surface area contributed by atoms with Crippen LogP contribution in [0.3, 0.4) is 0 Å². The van der Waals surface area contributed by atoms with Crippen LogP contribution in [0.2, 0.25) is 0 Å². The smallest absolute Gasteiger partial charge is 0.229 e. The number of anilines is 1. The van der Waals surface area contributed by atoms with E-state index in [2.05, 4.69) is 17.1 Å². The van der Waals surface area contributed by atoms with E-state index in [1.807, 2.05) is 54.6 Å². The average molecular weight is 437 g/mol. The maximum atomic E-state index is 14.1. The molecule has 30 heavy (non-hydrogen) atoms. The third kappa shape index (κ3) is 5.07. The van der Waals surface area contributed by atoms with Crippen LogP contribution < -0.4 is 4.90 Å². The summed E-state index contributed by atoms with van der Waals surface area (Å²) in [5.41, 5.74) is 1.34. The van der Waals surface area contributed by atoms with Gasteiger partial charge < -0.3 is 0 Å². The van der Waals surface area contributed by atoms with Crippen LogP contribution in [0.5, 0.6) is 0 Å². The second-order valence-electron chi connectivity index (χ2n) is 6.81. The molecule has 0 N–H and O–H groups in total. The molecule has 0 bridgehead atoms. The predicted octanol–water partition coefficient (Wildman–Crippen LogP) is 6.54. The molecule has 0 saturated carbocycles. The molecule has 1 heterocycles. The second kappa shape index (κ2) is 9.87. The van der Waals surface area contributed by atoms with Gasteiger partial charge in [-0.2, -0.15) is 0 Å². The summed E-state index contributed by atoms with van der Waals surface area (Å²) in [7, 11) is 0. The number of hydrogen-bond donors (Lipinski definition) is 0. The maximum Gasteiger partial charge on any atom is 0.229 e. The molecule has 0 aliphatic heterocycles. The van der Waals surface area contributed by atoms with Gasteiger partial charge in [-0.15, -0.1) is 11.8 Å². The molecule has 6 heteroatoms. The van der Waals surface area contributed by atoms with E-state index >= 15 is 0 Å². The number of benzene rings is 3. The number of para-hydroxylation sites is 1. The summed E-state index contributed by atoms with van der Waals surface area (Å²) >= 11 is 3.10. The van der Waals surface area contributed by atoms with E-state index in [4.69, 9.17) is 0 Å². The standard InChI is InChI=1S/C24H21FN2OS2/c25-20-13-7-14-21-23(20)26-24(30-21)27(17-18-9-3-1-4-10-18)22(28)15-8-16-29-19-11-5-2-6-12-19/h1-7,9-14H,8,15-17H2. The highest BCUT2D eigenvalue weighted by molar-refractivity contribution is 7.99. The van der Waals surface area contributed by atoms with Crippen molar-refractivity contribution in [3.8, 4) is 0 Å². The monoisotopic (exact) mass is 436 g/mol. The van der Waals surface area contributed by atoms with Crippen molar-refractivity contribution >= 4 is 44.4 Å². The van der Waals surface area contributed by atoms with Gasteiger partial charge in [0.15, 0.2) is 5.13 Å².